The number of rotatable bonds is 8. The number of carbonyl (C=O) groups is 2. The number of nitrogens with zero attached hydrogens (tertiary/aromatic N) is 3. The quantitative estimate of drug-likeness (QED) is 0.495. The van der Waals surface area contributed by atoms with E-state index in [1.165, 1.54) is 5.56 Å². The Morgan fingerprint density at radius 2 is 1.83 bits per heavy atom. The van der Waals surface area contributed by atoms with Gasteiger partial charge in [0.05, 0.1) is 12.5 Å². The van der Waals surface area contributed by atoms with E-state index in [1.54, 1.807) is 4.90 Å². The molecule has 2 heterocycles. The second-order valence-corrected chi connectivity index (χ2v) is 8.42. The molecule has 2 aliphatic heterocycles. The smallest absolute Gasteiger partial charge is 0.311 e. The number of ether oxygens (including phenoxy) is 1. The maximum absolute atomic E-state index is 12.4. The lowest BCUT2D eigenvalue weighted by Crippen LogP contribution is -2.49. The summed E-state index contributed by atoms with van der Waals surface area (Å²) >= 11 is 0. The second-order valence-electron chi connectivity index (χ2n) is 8.42. The predicted octanol–water partition coefficient (Wildman–Crippen LogP) is 2.56. The van der Waals surface area contributed by atoms with Crippen LogP contribution >= 0.6 is 0 Å². The third-order valence-electron chi connectivity index (χ3n) is 6.11. The highest BCUT2D eigenvalue weighted by atomic mass is 16.5. The Labute approximate surface area is 174 Å². The van der Waals surface area contributed by atoms with Gasteiger partial charge in [-0.15, -0.1) is 0 Å². The molecule has 2 fully saturated rings. The van der Waals surface area contributed by atoms with Crippen molar-refractivity contribution in [3.05, 3.63) is 29.8 Å². The van der Waals surface area contributed by atoms with Crippen LogP contribution in [0, 0.1) is 5.92 Å². The fourth-order valence-corrected chi connectivity index (χ4v) is 4.11. The number of hydrogen-bond donors (Lipinski definition) is 0. The molecule has 1 amide bonds. The zero-order valence-corrected chi connectivity index (χ0v) is 18.1. The van der Waals surface area contributed by atoms with Crippen molar-refractivity contribution < 1.29 is 14.3 Å². The molecule has 0 aromatic heterocycles. The Kier molecular flexibility index (Phi) is 7.67. The van der Waals surface area contributed by atoms with Gasteiger partial charge in [-0.3, -0.25) is 14.5 Å². The van der Waals surface area contributed by atoms with Crippen molar-refractivity contribution in [3.8, 4) is 0 Å². The van der Waals surface area contributed by atoms with Gasteiger partial charge in [-0.25, -0.2) is 0 Å². The first-order valence-electron chi connectivity index (χ1n) is 11.0. The van der Waals surface area contributed by atoms with Crippen molar-refractivity contribution >= 4 is 17.6 Å². The maximum atomic E-state index is 12.4. The molecule has 1 atom stereocenters. The summed E-state index contributed by atoms with van der Waals surface area (Å²) in [4.78, 5) is 31.4. The van der Waals surface area contributed by atoms with E-state index < -0.39 is 0 Å². The minimum Gasteiger partial charge on any atom is -0.465 e. The average molecular weight is 402 g/mol. The molecule has 6 nitrogen and oxygen atoms in total. The van der Waals surface area contributed by atoms with E-state index in [0.29, 0.717) is 19.2 Å². The highest BCUT2D eigenvalue weighted by Gasteiger charge is 2.36. The first-order chi connectivity index (χ1) is 14.0. The minimum absolute atomic E-state index is 0.000720. The van der Waals surface area contributed by atoms with Crippen molar-refractivity contribution in [1.82, 2.24) is 9.80 Å². The summed E-state index contributed by atoms with van der Waals surface area (Å²) in [5.41, 5.74) is 2.10. The van der Waals surface area contributed by atoms with Gasteiger partial charge in [0.2, 0.25) is 5.91 Å². The molecule has 2 aliphatic rings. The SMILES string of the molecule is CCc1ccc(N2CC(C(=O)OCCCN3CCN(C(C)C)CC3)CC2=O)cc1. The van der Waals surface area contributed by atoms with Crippen LogP contribution in [0.3, 0.4) is 0 Å². The van der Waals surface area contributed by atoms with Crippen LogP contribution in [-0.2, 0) is 20.7 Å². The summed E-state index contributed by atoms with van der Waals surface area (Å²) in [6, 6.07) is 8.61. The van der Waals surface area contributed by atoms with Gasteiger partial charge >= 0.3 is 5.97 Å². The summed E-state index contributed by atoms with van der Waals surface area (Å²) in [6.45, 7) is 12.8. The van der Waals surface area contributed by atoms with Crippen LogP contribution in [0.1, 0.15) is 39.2 Å². The van der Waals surface area contributed by atoms with Gasteiger partial charge < -0.3 is 14.5 Å². The van der Waals surface area contributed by atoms with Gasteiger partial charge in [-0.05, 0) is 44.4 Å². The van der Waals surface area contributed by atoms with E-state index in [4.69, 9.17) is 4.74 Å². The van der Waals surface area contributed by atoms with Gasteiger partial charge in [-0.2, -0.15) is 0 Å². The molecule has 2 saturated heterocycles. The minimum atomic E-state index is -0.358. The first-order valence-corrected chi connectivity index (χ1v) is 11.0. The highest BCUT2D eigenvalue weighted by Crippen LogP contribution is 2.26. The van der Waals surface area contributed by atoms with E-state index in [-0.39, 0.29) is 24.2 Å². The molecular formula is C23H35N3O3. The zero-order chi connectivity index (χ0) is 20.8. The lowest BCUT2D eigenvalue weighted by atomic mass is 10.1. The largest absolute Gasteiger partial charge is 0.465 e. The standard InChI is InChI=1S/C23H35N3O3/c1-4-19-6-8-21(9-7-19)26-17-20(16-22(26)27)23(28)29-15-5-10-24-11-13-25(14-12-24)18(2)3/h6-9,18,20H,4-5,10-17H2,1-3H3. The Morgan fingerprint density at radius 3 is 2.45 bits per heavy atom. The molecule has 0 spiro atoms. The van der Waals surface area contributed by atoms with E-state index in [1.807, 2.05) is 24.3 Å². The molecule has 0 N–H and O–H groups in total. The molecule has 160 valence electrons. The van der Waals surface area contributed by atoms with Crippen molar-refractivity contribution in [1.29, 1.82) is 0 Å². The molecule has 0 radical (unpaired) electrons. The summed E-state index contributed by atoms with van der Waals surface area (Å²) in [5, 5.41) is 0. The predicted molar refractivity (Wildman–Crippen MR) is 115 cm³/mol. The van der Waals surface area contributed by atoms with Gasteiger partial charge in [-0.1, -0.05) is 19.1 Å². The number of carbonyl (C=O) groups excluding carboxylic acids is 2. The molecule has 1 aromatic carbocycles. The third kappa shape index (κ3) is 5.80. The van der Waals surface area contributed by atoms with Crippen LogP contribution < -0.4 is 4.90 Å². The number of amides is 1. The fourth-order valence-electron chi connectivity index (χ4n) is 4.11. The number of benzene rings is 1. The van der Waals surface area contributed by atoms with Gasteiger partial charge in [0.15, 0.2) is 0 Å². The molecule has 0 saturated carbocycles. The summed E-state index contributed by atoms with van der Waals surface area (Å²) in [5.74, 6) is -0.599. The highest BCUT2D eigenvalue weighted by molar-refractivity contribution is 5.99. The fraction of sp³-hybridized carbons (Fsp3) is 0.652. The maximum Gasteiger partial charge on any atom is 0.311 e. The first kappa shape index (κ1) is 21.8. The number of hydrogen-bond acceptors (Lipinski definition) is 5. The van der Waals surface area contributed by atoms with Crippen LogP contribution in [0.4, 0.5) is 5.69 Å². The molecule has 1 unspecified atom stereocenters. The normalized spacial score (nSPS) is 21.2. The van der Waals surface area contributed by atoms with Gasteiger partial charge in [0, 0.05) is 57.4 Å². The summed E-state index contributed by atoms with van der Waals surface area (Å²) < 4.78 is 5.49. The topological polar surface area (TPSA) is 53.1 Å². The van der Waals surface area contributed by atoms with E-state index in [9.17, 15) is 9.59 Å². The Bertz CT molecular complexity index is 681. The number of piperazine rings is 1. The van der Waals surface area contributed by atoms with Crippen molar-refractivity contribution in [3.63, 3.8) is 0 Å². The van der Waals surface area contributed by atoms with Crippen LogP contribution in [-0.4, -0.2) is 73.6 Å². The lowest BCUT2D eigenvalue weighted by molar-refractivity contribution is -0.148. The average Bonchev–Trinajstić information content (AvgIpc) is 3.13. The molecule has 0 aliphatic carbocycles. The van der Waals surface area contributed by atoms with Crippen LogP contribution in [0.25, 0.3) is 0 Å². The Hall–Kier alpha value is -1.92. The van der Waals surface area contributed by atoms with Crippen LogP contribution in [0.5, 0.6) is 0 Å². The number of aryl methyl sites for hydroxylation is 1. The van der Waals surface area contributed by atoms with E-state index in [2.05, 4.69) is 30.6 Å². The third-order valence-corrected chi connectivity index (χ3v) is 6.11. The molecule has 29 heavy (non-hydrogen) atoms. The summed E-state index contributed by atoms with van der Waals surface area (Å²) in [7, 11) is 0. The van der Waals surface area contributed by atoms with Gasteiger partial charge in [0.25, 0.3) is 0 Å². The Morgan fingerprint density at radius 1 is 1.14 bits per heavy atom. The zero-order valence-electron chi connectivity index (χ0n) is 18.1. The second kappa shape index (κ2) is 10.2. The lowest BCUT2D eigenvalue weighted by Gasteiger charge is -2.36. The number of anilines is 1. The molecule has 6 heteroatoms. The van der Waals surface area contributed by atoms with Gasteiger partial charge in [0.1, 0.15) is 0 Å². The van der Waals surface area contributed by atoms with Crippen molar-refractivity contribution in [2.24, 2.45) is 5.92 Å². The number of esters is 1. The Balaban J connectivity index is 1.37. The molecule has 0 bridgehead atoms. The molecular weight excluding hydrogens is 366 g/mol. The van der Waals surface area contributed by atoms with Crippen LogP contribution in [0.2, 0.25) is 0 Å². The van der Waals surface area contributed by atoms with Crippen molar-refractivity contribution in [2.45, 2.75) is 46.1 Å². The molecule has 3 rings (SSSR count). The van der Waals surface area contributed by atoms with E-state index >= 15 is 0 Å². The van der Waals surface area contributed by atoms with Crippen LogP contribution in [0.15, 0.2) is 24.3 Å². The monoisotopic (exact) mass is 401 g/mol. The summed E-state index contributed by atoms with van der Waals surface area (Å²) in [6.07, 6.45) is 2.05. The van der Waals surface area contributed by atoms with Crippen molar-refractivity contribution in [2.75, 3.05) is 50.8 Å². The molecule has 1 aromatic rings. The van der Waals surface area contributed by atoms with E-state index in [0.717, 1.165) is 51.3 Å².